The molecule has 0 aliphatic rings. The zero-order chi connectivity index (χ0) is 14.1. The summed E-state index contributed by atoms with van der Waals surface area (Å²) < 4.78 is 5.97. The second-order valence-corrected chi connectivity index (χ2v) is 5.35. The molecule has 0 radical (unpaired) electrons. The summed E-state index contributed by atoms with van der Waals surface area (Å²) in [6.07, 6.45) is 3.81. The minimum Gasteiger partial charge on any atom is -0.377 e. The molecule has 0 spiro atoms. The van der Waals surface area contributed by atoms with Gasteiger partial charge in [0.15, 0.2) is 0 Å². The Bertz CT molecular complexity index is 351. The first-order chi connectivity index (χ1) is 9.17. The van der Waals surface area contributed by atoms with Crippen LogP contribution < -0.4 is 5.32 Å². The fraction of sp³-hybridized carbons (Fsp3) is 0.647. The Morgan fingerprint density at radius 2 is 2.00 bits per heavy atom. The van der Waals surface area contributed by atoms with Crippen LogP contribution in [0.4, 0.5) is 0 Å². The summed E-state index contributed by atoms with van der Waals surface area (Å²) in [5, 5.41) is 3.59. The molecule has 1 rings (SSSR count). The lowest BCUT2D eigenvalue weighted by molar-refractivity contribution is 0.0440. The molecule has 1 aromatic rings. The van der Waals surface area contributed by atoms with Gasteiger partial charge in [-0.15, -0.1) is 0 Å². The van der Waals surface area contributed by atoms with Crippen molar-refractivity contribution in [3.05, 3.63) is 35.4 Å². The van der Waals surface area contributed by atoms with Crippen LogP contribution in [0.3, 0.4) is 0 Å². The quantitative estimate of drug-likeness (QED) is 0.719. The van der Waals surface area contributed by atoms with Crippen molar-refractivity contribution in [3.63, 3.8) is 0 Å². The Labute approximate surface area is 118 Å². The van der Waals surface area contributed by atoms with Gasteiger partial charge in [-0.25, -0.2) is 0 Å². The summed E-state index contributed by atoms with van der Waals surface area (Å²) in [5.41, 5.74) is 2.64. The zero-order valence-corrected chi connectivity index (χ0v) is 12.9. The van der Waals surface area contributed by atoms with E-state index in [9.17, 15) is 0 Å². The highest BCUT2D eigenvalue weighted by atomic mass is 16.5. The molecule has 0 aliphatic heterocycles. The molecule has 0 saturated heterocycles. The van der Waals surface area contributed by atoms with Crippen molar-refractivity contribution >= 4 is 0 Å². The maximum atomic E-state index is 5.97. The van der Waals surface area contributed by atoms with Gasteiger partial charge in [0.25, 0.3) is 0 Å². The van der Waals surface area contributed by atoms with Crippen LogP contribution in [0, 0.1) is 6.92 Å². The van der Waals surface area contributed by atoms with Gasteiger partial charge in [-0.1, -0.05) is 50.1 Å². The van der Waals surface area contributed by atoms with Gasteiger partial charge >= 0.3 is 0 Å². The molecule has 0 bridgehead atoms. The van der Waals surface area contributed by atoms with Crippen molar-refractivity contribution in [1.29, 1.82) is 0 Å². The number of nitrogens with one attached hydrogen (secondary N) is 1. The van der Waals surface area contributed by atoms with Gasteiger partial charge in [-0.2, -0.15) is 0 Å². The number of benzene rings is 1. The minimum absolute atomic E-state index is 0.305. The van der Waals surface area contributed by atoms with Crippen molar-refractivity contribution in [2.24, 2.45) is 0 Å². The predicted molar refractivity (Wildman–Crippen MR) is 82.5 cm³/mol. The molecule has 0 saturated carbocycles. The standard InChI is InChI=1S/C17H29NO/c1-5-8-15(4)19-13-17(18-11-6-2)16-10-7-9-14(3)12-16/h7,9-10,12,15,17-18H,5-6,8,11,13H2,1-4H3. The van der Waals surface area contributed by atoms with Crippen LogP contribution in [0.5, 0.6) is 0 Å². The van der Waals surface area contributed by atoms with Gasteiger partial charge in [0, 0.05) is 0 Å². The van der Waals surface area contributed by atoms with Gasteiger partial charge in [0.1, 0.15) is 0 Å². The van der Waals surface area contributed by atoms with Crippen LogP contribution in [-0.2, 0) is 4.74 Å². The SMILES string of the molecule is CCCNC(COC(C)CCC)c1cccc(C)c1. The molecular formula is C17H29NO. The number of rotatable bonds is 9. The highest BCUT2D eigenvalue weighted by Gasteiger charge is 2.12. The first-order valence-electron chi connectivity index (χ1n) is 7.58. The fourth-order valence-corrected chi connectivity index (χ4v) is 2.23. The first-order valence-corrected chi connectivity index (χ1v) is 7.58. The summed E-state index contributed by atoms with van der Waals surface area (Å²) >= 11 is 0. The maximum Gasteiger partial charge on any atom is 0.0665 e. The number of hydrogen-bond donors (Lipinski definition) is 1. The van der Waals surface area contributed by atoms with Gasteiger partial charge in [-0.05, 0) is 38.8 Å². The Hall–Kier alpha value is -0.860. The normalized spacial score (nSPS) is 14.3. The van der Waals surface area contributed by atoms with Crippen LogP contribution in [0.25, 0.3) is 0 Å². The zero-order valence-electron chi connectivity index (χ0n) is 12.9. The molecule has 0 aromatic heterocycles. The summed E-state index contributed by atoms with van der Waals surface area (Å²) in [4.78, 5) is 0. The molecule has 2 atom stereocenters. The minimum atomic E-state index is 0.305. The summed E-state index contributed by atoms with van der Waals surface area (Å²) in [7, 11) is 0. The number of aryl methyl sites for hydroxylation is 1. The predicted octanol–water partition coefficient (Wildman–Crippen LogP) is 4.24. The van der Waals surface area contributed by atoms with Crippen molar-refractivity contribution in [2.45, 2.75) is 59.1 Å². The molecule has 0 fully saturated rings. The molecular weight excluding hydrogens is 234 g/mol. The maximum absolute atomic E-state index is 5.97. The van der Waals surface area contributed by atoms with E-state index in [1.165, 1.54) is 17.5 Å². The molecule has 1 N–H and O–H groups in total. The van der Waals surface area contributed by atoms with Crippen LogP contribution in [0.1, 0.15) is 57.2 Å². The van der Waals surface area contributed by atoms with Crippen molar-refractivity contribution in [3.8, 4) is 0 Å². The molecule has 2 heteroatoms. The van der Waals surface area contributed by atoms with Crippen LogP contribution in [-0.4, -0.2) is 19.3 Å². The highest BCUT2D eigenvalue weighted by molar-refractivity contribution is 5.25. The lowest BCUT2D eigenvalue weighted by Crippen LogP contribution is -2.28. The van der Waals surface area contributed by atoms with E-state index >= 15 is 0 Å². The van der Waals surface area contributed by atoms with E-state index in [2.05, 4.69) is 57.3 Å². The fourth-order valence-electron chi connectivity index (χ4n) is 2.23. The third-order valence-electron chi connectivity index (χ3n) is 3.33. The molecule has 19 heavy (non-hydrogen) atoms. The monoisotopic (exact) mass is 263 g/mol. The number of hydrogen-bond acceptors (Lipinski definition) is 2. The lowest BCUT2D eigenvalue weighted by Gasteiger charge is -2.22. The van der Waals surface area contributed by atoms with E-state index in [-0.39, 0.29) is 0 Å². The first kappa shape index (κ1) is 16.2. The van der Waals surface area contributed by atoms with Crippen LogP contribution >= 0.6 is 0 Å². The van der Waals surface area contributed by atoms with Crippen molar-refractivity contribution in [1.82, 2.24) is 5.32 Å². The Balaban J connectivity index is 2.61. The molecule has 0 heterocycles. The topological polar surface area (TPSA) is 21.3 Å². The second kappa shape index (κ2) is 9.11. The summed E-state index contributed by atoms with van der Waals surface area (Å²) in [6, 6.07) is 9.01. The van der Waals surface area contributed by atoms with Crippen LogP contribution in [0.2, 0.25) is 0 Å². The largest absolute Gasteiger partial charge is 0.377 e. The Morgan fingerprint density at radius 1 is 1.21 bits per heavy atom. The van der Waals surface area contributed by atoms with E-state index in [1.54, 1.807) is 0 Å². The third-order valence-corrected chi connectivity index (χ3v) is 3.33. The molecule has 0 aliphatic carbocycles. The van der Waals surface area contributed by atoms with E-state index in [4.69, 9.17) is 4.74 Å². The van der Waals surface area contributed by atoms with Crippen LogP contribution in [0.15, 0.2) is 24.3 Å². The number of ether oxygens (including phenoxy) is 1. The molecule has 108 valence electrons. The smallest absolute Gasteiger partial charge is 0.0665 e. The Kier molecular flexibility index (Phi) is 7.76. The van der Waals surface area contributed by atoms with Crippen molar-refractivity contribution < 1.29 is 4.74 Å². The van der Waals surface area contributed by atoms with E-state index in [0.717, 1.165) is 26.0 Å². The molecule has 0 amide bonds. The molecule has 2 nitrogen and oxygen atoms in total. The molecule has 2 unspecified atom stereocenters. The van der Waals surface area contributed by atoms with E-state index in [1.807, 2.05) is 0 Å². The average molecular weight is 263 g/mol. The van der Waals surface area contributed by atoms with Gasteiger partial charge < -0.3 is 10.1 Å². The highest BCUT2D eigenvalue weighted by Crippen LogP contribution is 2.16. The Morgan fingerprint density at radius 3 is 2.63 bits per heavy atom. The third kappa shape index (κ3) is 6.22. The van der Waals surface area contributed by atoms with E-state index < -0.39 is 0 Å². The lowest BCUT2D eigenvalue weighted by atomic mass is 10.0. The average Bonchev–Trinajstić information content (AvgIpc) is 2.39. The summed E-state index contributed by atoms with van der Waals surface area (Å²) in [6.45, 7) is 10.5. The van der Waals surface area contributed by atoms with Gasteiger partial charge in [-0.3, -0.25) is 0 Å². The summed E-state index contributed by atoms with van der Waals surface area (Å²) in [5.74, 6) is 0. The second-order valence-electron chi connectivity index (χ2n) is 5.35. The van der Waals surface area contributed by atoms with Crippen molar-refractivity contribution in [2.75, 3.05) is 13.2 Å². The van der Waals surface area contributed by atoms with E-state index in [0.29, 0.717) is 12.1 Å². The molecule has 1 aromatic carbocycles. The van der Waals surface area contributed by atoms with Gasteiger partial charge in [0.05, 0.1) is 18.8 Å². The van der Waals surface area contributed by atoms with Gasteiger partial charge in [0.2, 0.25) is 0 Å².